The van der Waals surface area contributed by atoms with Gasteiger partial charge < -0.3 is 15.8 Å². The van der Waals surface area contributed by atoms with Crippen LogP contribution < -0.4 is 15.8 Å². The number of carbonyl (C=O) groups is 1. The van der Waals surface area contributed by atoms with Crippen LogP contribution >= 0.6 is 11.8 Å². The summed E-state index contributed by atoms with van der Waals surface area (Å²) in [6, 6.07) is 12.8. The van der Waals surface area contributed by atoms with E-state index in [4.69, 9.17) is 10.5 Å². The van der Waals surface area contributed by atoms with Gasteiger partial charge in [-0.3, -0.25) is 4.79 Å². The number of para-hydroxylation sites is 1. The smallest absolute Gasteiger partial charge is 0.259 e. The molecule has 1 amide bonds. The summed E-state index contributed by atoms with van der Waals surface area (Å²) in [5, 5.41) is 2.85. The highest BCUT2D eigenvalue weighted by Gasteiger charge is 2.15. The number of hydrogen-bond acceptors (Lipinski definition) is 4. The molecule has 0 aliphatic rings. The lowest BCUT2D eigenvalue weighted by Crippen LogP contribution is -2.14. The summed E-state index contributed by atoms with van der Waals surface area (Å²) in [7, 11) is 0. The predicted octanol–water partition coefficient (Wildman–Crippen LogP) is 3.64. The number of rotatable bonds is 5. The van der Waals surface area contributed by atoms with Gasteiger partial charge in [0.1, 0.15) is 0 Å². The Hall–Kier alpha value is -2.14. The average Bonchev–Trinajstić information content (AvgIpc) is 2.50. The number of nitrogen functional groups attached to an aromatic ring is 1. The summed E-state index contributed by atoms with van der Waals surface area (Å²) < 4.78 is 5.47. The Kier molecular flexibility index (Phi) is 5.11. The molecular weight excluding hydrogens is 284 g/mol. The zero-order chi connectivity index (χ0) is 15.2. The fourth-order valence-electron chi connectivity index (χ4n) is 1.91. The molecule has 2 aromatic carbocycles. The molecule has 21 heavy (non-hydrogen) atoms. The molecule has 110 valence electrons. The van der Waals surface area contributed by atoms with Crippen molar-refractivity contribution in [2.45, 2.75) is 11.8 Å². The maximum atomic E-state index is 12.4. The highest BCUT2D eigenvalue weighted by atomic mass is 32.2. The zero-order valence-electron chi connectivity index (χ0n) is 12.1. The maximum absolute atomic E-state index is 12.4. The molecule has 4 nitrogen and oxygen atoms in total. The molecule has 3 N–H and O–H groups in total. The molecular formula is C16H18N2O2S. The van der Waals surface area contributed by atoms with Gasteiger partial charge in [-0.2, -0.15) is 0 Å². The number of nitrogens with one attached hydrogen (secondary N) is 1. The number of benzene rings is 2. The SMILES string of the molecule is CCOc1c(N)cccc1C(=O)Nc1ccc(SC)cc1. The van der Waals surface area contributed by atoms with E-state index in [1.54, 1.807) is 30.0 Å². The van der Waals surface area contributed by atoms with Crippen LogP contribution in [0.2, 0.25) is 0 Å². The summed E-state index contributed by atoms with van der Waals surface area (Å²) in [5.74, 6) is 0.195. The first-order chi connectivity index (χ1) is 10.2. The molecule has 5 heteroatoms. The van der Waals surface area contributed by atoms with Crippen LogP contribution in [0.1, 0.15) is 17.3 Å². The minimum Gasteiger partial charge on any atom is -0.491 e. The first kappa shape index (κ1) is 15.3. The van der Waals surface area contributed by atoms with Crippen LogP contribution in [0.3, 0.4) is 0 Å². The van der Waals surface area contributed by atoms with Gasteiger partial charge in [0.2, 0.25) is 0 Å². The number of nitrogens with two attached hydrogens (primary N) is 1. The van der Waals surface area contributed by atoms with Gasteiger partial charge in [-0.1, -0.05) is 6.07 Å². The number of thioether (sulfide) groups is 1. The quantitative estimate of drug-likeness (QED) is 0.654. The molecule has 0 saturated heterocycles. The van der Waals surface area contributed by atoms with Gasteiger partial charge in [0.05, 0.1) is 17.9 Å². The van der Waals surface area contributed by atoms with E-state index >= 15 is 0 Å². The Morgan fingerprint density at radius 3 is 2.57 bits per heavy atom. The molecule has 0 atom stereocenters. The number of amides is 1. The van der Waals surface area contributed by atoms with Gasteiger partial charge in [0, 0.05) is 10.6 Å². The van der Waals surface area contributed by atoms with Crippen LogP contribution in [0.25, 0.3) is 0 Å². The summed E-state index contributed by atoms with van der Waals surface area (Å²) in [6.45, 7) is 2.31. The van der Waals surface area contributed by atoms with Crippen LogP contribution in [-0.2, 0) is 0 Å². The van der Waals surface area contributed by atoms with E-state index in [9.17, 15) is 4.79 Å². The van der Waals surface area contributed by atoms with Crippen LogP contribution in [0.4, 0.5) is 11.4 Å². The summed E-state index contributed by atoms with van der Waals surface area (Å²) in [4.78, 5) is 13.5. The van der Waals surface area contributed by atoms with Crippen LogP contribution in [0.15, 0.2) is 47.4 Å². The van der Waals surface area contributed by atoms with Crippen molar-refractivity contribution in [3.63, 3.8) is 0 Å². The predicted molar refractivity (Wildman–Crippen MR) is 88.2 cm³/mol. The van der Waals surface area contributed by atoms with E-state index in [-0.39, 0.29) is 5.91 Å². The molecule has 0 fully saturated rings. The highest BCUT2D eigenvalue weighted by Crippen LogP contribution is 2.27. The fourth-order valence-corrected chi connectivity index (χ4v) is 2.32. The molecule has 0 saturated carbocycles. The number of carbonyl (C=O) groups excluding carboxylic acids is 1. The summed E-state index contributed by atoms with van der Waals surface area (Å²) in [6.07, 6.45) is 2.01. The maximum Gasteiger partial charge on any atom is 0.259 e. The highest BCUT2D eigenvalue weighted by molar-refractivity contribution is 7.98. The van der Waals surface area contributed by atoms with Gasteiger partial charge >= 0.3 is 0 Å². The van der Waals surface area contributed by atoms with E-state index < -0.39 is 0 Å². The molecule has 0 spiro atoms. The molecule has 0 aromatic heterocycles. The molecule has 0 aliphatic heterocycles. The lowest BCUT2D eigenvalue weighted by Gasteiger charge is -2.12. The Bertz CT molecular complexity index is 627. The van der Waals surface area contributed by atoms with Crippen LogP contribution in [0, 0.1) is 0 Å². The van der Waals surface area contributed by atoms with E-state index in [1.165, 1.54) is 0 Å². The van der Waals surface area contributed by atoms with Gasteiger partial charge in [0.25, 0.3) is 5.91 Å². The Morgan fingerprint density at radius 2 is 1.95 bits per heavy atom. The standard InChI is InChI=1S/C16H18N2O2S/c1-3-20-15-13(5-4-6-14(15)17)16(19)18-11-7-9-12(21-2)10-8-11/h4-10H,3,17H2,1-2H3,(H,18,19). The first-order valence-corrected chi connectivity index (χ1v) is 7.85. The Morgan fingerprint density at radius 1 is 1.24 bits per heavy atom. The minimum absolute atomic E-state index is 0.234. The summed E-state index contributed by atoms with van der Waals surface area (Å²) >= 11 is 1.65. The second kappa shape index (κ2) is 7.04. The van der Waals surface area contributed by atoms with E-state index in [0.717, 1.165) is 10.6 Å². The largest absolute Gasteiger partial charge is 0.491 e. The van der Waals surface area contributed by atoms with Gasteiger partial charge in [0.15, 0.2) is 5.75 Å². The van der Waals surface area contributed by atoms with Gasteiger partial charge in [-0.25, -0.2) is 0 Å². The van der Waals surface area contributed by atoms with Crippen molar-refractivity contribution in [3.05, 3.63) is 48.0 Å². The third-order valence-electron chi connectivity index (χ3n) is 2.93. The molecule has 2 aromatic rings. The van der Waals surface area contributed by atoms with Crippen molar-refractivity contribution < 1.29 is 9.53 Å². The lowest BCUT2D eigenvalue weighted by atomic mass is 10.1. The van der Waals surface area contributed by atoms with Gasteiger partial charge in [-0.05, 0) is 49.6 Å². The number of anilines is 2. The third kappa shape index (κ3) is 3.70. The van der Waals surface area contributed by atoms with Crippen molar-refractivity contribution in [1.29, 1.82) is 0 Å². The third-order valence-corrected chi connectivity index (χ3v) is 3.67. The zero-order valence-corrected chi connectivity index (χ0v) is 12.9. The second-order valence-electron chi connectivity index (χ2n) is 4.34. The molecule has 2 rings (SSSR count). The van der Waals surface area contributed by atoms with Crippen molar-refractivity contribution in [2.24, 2.45) is 0 Å². The van der Waals surface area contributed by atoms with Gasteiger partial charge in [-0.15, -0.1) is 11.8 Å². The Labute approximate surface area is 128 Å². The second-order valence-corrected chi connectivity index (χ2v) is 5.22. The Balaban J connectivity index is 2.21. The number of hydrogen-bond donors (Lipinski definition) is 2. The van der Waals surface area contributed by atoms with Crippen molar-refractivity contribution in [1.82, 2.24) is 0 Å². The first-order valence-electron chi connectivity index (χ1n) is 6.62. The van der Waals surface area contributed by atoms with Crippen molar-refractivity contribution >= 4 is 29.0 Å². The minimum atomic E-state index is -0.234. The molecule has 0 heterocycles. The monoisotopic (exact) mass is 302 g/mol. The molecule has 0 aliphatic carbocycles. The van der Waals surface area contributed by atoms with Crippen LogP contribution in [-0.4, -0.2) is 18.8 Å². The number of ether oxygens (including phenoxy) is 1. The van der Waals surface area contributed by atoms with Crippen molar-refractivity contribution in [3.8, 4) is 5.75 Å². The van der Waals surface area contributed by atoms with E-state index in [2.05, 4.69) is 5.32 Å². The molecule has 0 unspecified atom stereocenters. The normalized spacial score (nSPS) is 10.2. The van der Waals surface area contributed by atoms with E-state index in [0.29, 0.717) is 23.6 Å². The summed E-state index contributed by atoms with van der Waals surface area (Å²) in [5.41, 5.74) is 7.50. The molecule has 0 radical (unpaired) electrons. The lowest BCUT2D eigenvalue weighted by molar-refractivity contribution is 0.102. The fraction of sp³-hybridized carbons (Fsp3) is 0.188. The van der Waals surface area contributed by atoms with Crippen LogP contribution in [0.5, 0.6) is 5.75 Å². The average molecular weight is 302 g/mol. The molecule has 0 bridgehead atoms. The van der Waals surface area contributed by atoms with Crippen molar-refractivity contribution in [2.75, 3.05) is 23.9 Å². The topological polar surface area (TPSA) is 64.3 Å². The van der Waals surface area contributed by atoms with E-state index in [1.807, 2.05) is 37.4 Å².